The predicted molar refractivity (Wildman–Crippen MR) is 71.8 cm³/mol. The summed E-state index contributed by atoms with van der Waals surface area (Å²) in [4.78, 5) is 0.731. The third kappa shape index (κ3) is 2.24. The molecule has 0 amide bonds. The highest BCUT2D eigenvalue weighted by Crippen LogP contribution is 2.17. The number of nitrogens with one attached hydrogen (secondary N) is 1. The van der Waals surface area contributed by atoms with Crippen LogP contribution in [0.15, 0.2) is 24.3 Å². The first-order chi connectivity index (χ1) is 8.72. The second kappa shape index (κ2) is 4.68. The van der Waals surface area contributed by atoms with Crippen LogP contribution in [-0.4, -0.2) is 19.8 Å². The second-order valence-corrected chi connectivity index (χ2v) is 5.56. The average molecular weight is 299 g/mol. The van der Waals surface area contributed by atoms with E-state index in [9.17, 15) is 0 Å². The van der Waals surface area contributed by atoms with Gasteiger partial charge in [-0.15, -0.1) is 10.2 Å². The van der Waals surface area contributed by atoms with E-state index in [-0.39, 0.29) is 0 Å². The number of nitrogens with zero attached hydrogens (tertiary/aromatic N) is 3. The molecule has 5 nitrogen and oxygen atoms in total. The Kier molecular flexibility index (Phi) is 3.02. The fourth-order valence-electron chi connectivity index (χ4n) is 1.45. The molecule has 0 aliphatic rings. The summed E-state index contributed by atoms with van der Waals surface area (Å²) in [5.41, 5.74) is 0. The molecule has 3 rings (SSSR count). The van der Waals surface area contributed by atoms with Gasteiger partial charge in [-0.25, -0.2) is 4.52 Å². The molecule has 1 aromatic carbocycles. The van der Waals surface area contributed by atoms with Crippen LogP contribution < -0.4 is 4.74 Å². The van der Waals surface area contributed by atoms with Crippen molar-refractivity contribution in [2.45, 2.75) is 6.61 Å². The van der Waals surface area contributed by atoms with Crippen molar-refractivity contribution in [1.29, 1.82) is 0 Å². The molecule has 0 saturated heterocycles. The number of fused-ring (bicyclic) bond motifs is 1. The molecule has 0 spiro atoms. The maximum atomic E-state index is 5.80. The molecule has 0 saturated carbocycles. The molecule has 0 atom stereocenters. The van der Waals surface area contributed by atoms with Gasteiger partial charge in [0.1, 0.15) is 12.4 Å². The minimum Gasteiger partial charge on any atom is -0.486 e. The molecule has 1 N–H and O–H groups in total. The zero-order chi connectivity index (χ0) is 12.5. The number of aromatic nitrogens is 4. The van der Waals surface area contributed by atoms with Gasteiger partial charge in [-0.3, -0.25) is 5.10 Å². The van der Waals surface area contributed by atoms with Crippen LogP contribution in [0.5, 0.6) is 5.75 Å². The first kappa shape index (κ1) is 11.6. The number of halogens is 1. The Bertz CT molecular complexity index is 730. The fourth-order valence-corrected chi connectivity index (χ4v) is 2.52. The van der Waals surface area contributed by atoms with Gasteiger partial charge >= 0.3 is 0 Å². The SMILES string of the molecule is S=c1[nH]n2c(COc3ccc(Cl)cc3)nnc2s1. The quantitative estimate of drug-likeness (QED) is 0.755. The molecule has 92 valence electrons. The van der Waals surface area contributed by atoms with E-state index in [2.05, 4.69) is 15.3 Å². The van der Waals surface area contributed by atoms with Crippen molar-refractivity contribution in [2.24, 2.45) is 0 Å². The molecule has 2 aromatic heterocycles. The monoisotopic (exact) mass is 298 g/mol. The number of aromatic amines is 1. The highest BCUT2D eigenvalue weighted by Gasteiger charge is 2.08. The molecule has 2 heterocycles. The summed E-state index contributed by atoms with van der Waals surface area (Å²) in [6.45, 7) is 0.310. The largest absolute Gasteiger partial charge is 0.486 e. The lowest BCUT2D eigenvalue weighted by Crippen LogP contribution is -2.01. The lowest BCUT2D eigenvalue weighted by atomic mass is 10.3. The fraction of sp³-hybridized carbons (Fsp3) is 0.100. The standard InChI is InChI=1S/C10H7ClN4OS2/c11-6-1-3-7(4-2-6)16-5-8-12-13-9-15(8)14-10(17)18-9/h1-4H,5H2,(H,14,17). The van der Waals surface area contributed by atoms with E-state index >= 15 is 0 Å². The topological polar surface area (TPSA) is 55.2 Å². The summed E-state index contributed by atoms with van der Waals surface area (Å²) in [6.07, 6.45) is 0. The first-order valence-corrected chi connectivity index (χ1v) is 6.64. The normalized spacial score (nSPS) is 10.9. The Hall–Kier alpha value is -1.44. The van der Waals surface area contributed by atoms with E-state index in [1.807, 2.05) is 0 Å². The lowest BCUT2D eigenvalue weighted by Gasteiger charge is -2.03. The summed E-state index contributed by atoms with van der Waals surface area (Å²) in [6, 6.07) is 7.15. The van der Waals surface area contributed by atoms with E-state index in [1.54, 1.807) is 28.8 Å². The summed E-state index contributed by atoms with van der Waals surface area (Å²) in [7, 11) is 0. The van der Waals surface area contributed by atoms with Gasteiger partial charge in [0.05, 0.1) is 0 Å². The van der Waals surface area contributed by atoms with Crippen molar-refractivity contribution < 1.29 is 4.74 Å². The number of H-pyrrole nitrogens is 1. The molecular weight excluding hydrogens is 292 g/mol. The summed E-state index contributed by atoms with van der Waals surface area (Å²) < 4.78 is 7.98. The maximum absolute atomic E-state index is 5.80. The van der Waals surface area contributed by atoms with Crippen molar-refractivity contribution in [3.8, 4) is 5.75 Å². The molecule has 0 fully saturated rings. The zero-order valence-electron chi connectivity index (χ0n) is 8.96. The molecule has 8 heteroatoms. The lowest BCUT2D eigenvalue weighted by molar-refractivity contribution is 0.292. The molecular formula is C10H7ClN4OS2. The number of hydrogen-bond acceptors (Lipinski definition) is 5. The van der Waals surface area contributed by atoms with Gasteiger partial charge in [-0.1, -0.05) is 22.9 Å². The van der Waals surface area contributed by atoms with Gasteiger partial charge in [0, 0.05) is 5.02 Å². The van der Waals surface area contributed by atoms with Crippen molar-refractivity contribution in [1.82, 2.24) is 19.8 Å². The van der Waals surface area contributed by atoms with Crippen molar-refractivity contribution in [2.75, 3.05) is 0 Å². The molecule has 0 radical (unpaired) electrons. The Morgan fingerprint density at radius 2 is 2.11 bits per heavy atom. The van der Waals surface area contributed by atoms with E-state index in [4.69, 9.17) is 28.6 Å². The molecule has 3 aromatic rings. The van der Waals surface area contributed by atoms with Crippen LogP contribution in [0.3, 0.4) is 0 Å². The van der Waals surface area contributed by atoms with Gasteiger partial charge in [0.15, 0.2) is 9.78 Å². The zero-order valence-corrected chi connectivity index (χ0v) is 11.3. The van der Waals surface area contributed by atoms with Crippen molar-refractivity contribution >= 4 is 40.1 Å². The van der Waals surface area contributed by atoms with Crippen molar-refractivity contribution in [3.63, 3.8) is 0 Å². The maximum Gasteiger partial charge on any atom is 0.233 e. The van der Waals surface area contributed by atoms with Crippen LogP contribution in [0, 0.1) is 3.95 Å². The number of benzene rings is 1. The molecule has 0 aliphatic heterocycles. The number of rotatable bonds is 3. The minimum atomic E-state index is 0.310. The number of ether oxygens (including phenoxy) is 1. The van der Waals surface area contributed by atoms with Gasteiger partial charge in [0.25, 0.3) is 0 Å². The van der Waals surface area contributed by atoms with Gasteiger partial charge < -0.3 is 4.74 Å². The van der Waals surface area contributed by atoms with E-state index in [1.165, 1.54) is 11.3 Å². The van der Waals surface area contributed by atoms with E-state index in [0.29, 0.717) is 21.4 Å². The van der Waals surface area contributed by atoms with Crippen LogP contribution in [0.4, 0.5) is 0 Å². The third-order valence-electron chi connectivity index (χ3n) is 2.27. The number of hydrogen-bond donors (Lipinski definition) is 1. The molecule has 0 bridgehead atoms. The summed E-state index contributed by atoms with van der Waals surface area (Å²) >= 11 is 12.2. The highest BCUT2D eigenvalue weighted by atomic mass is 35.5. The van der Waals surface area contributed by atoms with Crippen LogP contribution in [0.2, 0.25) is 5.02 Å². The van der Waals surface area contributed by atoms with Crippen molar-refractivity contribution in [3.05, 3.63) is 39.1 Å². The van der Waals surface area contributed by atoms with Crippen LogP contribution >= 0.6 is 35.2 Å². The first-order valence-electron chi connectivity index (χ1n) is 5.04. The van der Waals surface area contributed by atoms with E-state index in [0.717, 1.165) is 10.7 Å². The van der Waals surface area contributed by atoms with Gasteiger partial charge in [-0.05, 0) is 36.5 Å². The molecule has 18 heavy (non-hydrogen) atoms. The van der Waals surface area contributed by atoms with Crippen LogP contribution in [-0.2, 0) is 6.61 Å². The van der Waals surface area contributed by atoms with E-state index < -0.39 is 0 Å². The highest BCUT2D eigenvalue weighted by molar-refractivity contribution is 7.73. The second-order valence-electron chi connectivity index (χ2n) is 3.48. The Morgan fingerprint density at radius 1 is 1.33 bits per heavy atom. The molecule has 0 aliphatic carbocycles. The Labute approximate surface area is 116 Å². The molecule has 0 unspecified atom stereocenters. The minimum absolute atomic E-state index is 0.310. The van der Waals surface area contributed by atoms with Gasteiger partial charge in [0.2, 0.25) is 4.96 Å². The third-order valence-corrected chi connectivity index (χ3v) is 3.59. The van der Waals surface area contributed by atoms with Gasteiger partial charge in [-0.2, -0.15) is 0 Å². The predicted octanol–water partition coefficient (Wildman–Crippen LogP) is 3.08. The van der Waals surface area contributed by atoms with Crippen LogP contribution in [0.25, 0.3) is 4.96 Å². The Morgan fingerprint density at radius 3 is 2.89 bits per heavy atom. The summed E-state index contributed by atoms with van der Waals surface area (Å²) in [5, 5.41) is 11.7. The van der Waals surface area contributed by atoms with Crippen LogP contribution in [0.1, 0.15) is 5.82 Å². The summed E-state index contributed by atoms with van der Waals surface area (Å²) in [5.74, 6) is 1.40. The smallest absolute Gasteiger partial charge is 0.233 e. The average Bonchev–Trinajstić information content (AvgIpc) is 2.88. The Balaban J connectivity index is 1.80.